The van der Waals surface area contributed by atoms with Gasteiger partial charge in [-0.2, -0.15) is 0 Å². The van der Waals surface area contributed by atoms with Gasteiger partial charge >= 0.3 is 0 Å². The molecule has 3 nitrogen and oxygen atoms in total. The Morgan fingerprint density at radius 2 is 2.00 bits per heavy atom. The Kier molecular flexibility index (Phi) is 3.88. The zero-order valence-corrected chi connectivity index (χ0v) is 11.2. The van der Waals surface area contributed by atoms with Crippen molar-refractivity contribution in [3.63, 3.8) is 0 Å². The van der Waals surface area contributed by atoms with Crippen LogP contribution in [0.4, 0.5) is 0 Å². The molecular weight excluding hydrogens is 198 g/mol. The predicted octanol–water partition coefficient (Wildman–Crippen LogP) is 0.866. The normalized spacial score (nSPS) is 41.1. The van der Waals surface area contributed by atoms with E-state index in [-0.39, 0.29) is 0 Å². The first kappa shape index (κ1) is 12.3. The Morgan fingerprint density at radius 3 is 2.50 bits per heavy atom. The van der Waals surface area contributed by atoms with Crippen molar-refractivity contribution in [3.8, 4) is 0 Å². The molecule has 4 unspecified atom stereocenters. The molecule has 0 aromatic rings. The second kappa shape index (κ2) is 5.03. The van der Waals surface area contributed by atoms with E-state index < -0.39 is 0 Å². The number of hydrogen-bond acceptors (Lipinski definition) is 3. The van der Waals surface area contributed by atoms with Crippen LogP contribution in [0.1, 0.15) is 20.3 Å². The van der Waals surface area contributed by atoms with Crippen molar-refractivity contribution in [1.82, 2.24) is 15.1 Å². The summed E-state index contributed by atoms with van der Waals surface area (Å²) in [6.45, 7) is 9.78. The van der Waals surface area contributed by atoms with E-state index in [9.17, 15) is 0 Å². The molecule has 4 atom stereocenters. The Hall–Kier alpha value is -0.120. The second-order valence-electron chi connectivity index (χ2n) is 6.02. The number of nitrogens with zero attached hydrogens (tertiary/aromatic N) is 2. The summed E-state index contributed by atoms with van der Waals surface area (Å²) in [4.78, 5) is 5.06. The summed E-state index contributed by atoms with van der Waals surface area (Å²) >= 11 is 0. The van der Waals surface area contributed by atoms with E-state index in [1.807, 2.05) is 0 Å². The summed E-state index contributed by atoms with van der Waals surface area (Å²) in [6.07, 6.45) is 1.36. The molecule has 2 fully saturated rings. The number of likely N-dealkylation sites (N-methyl/N-ethyl adjacent to an activating group) is 1. The molecular formula is C13H27N3. The molecule has 16 heavy (non-hydrogen) atoms. The van der Waals surface area contributed by atoms with Gasteiger partial charge in [-0.1, -0.05) is 6.92 Å². The first-order valence-electron chi connectivity index (χ1n) is 6.70. The third-order valence-electron chi connectivity index (χ3n) is 4.49. The lowest BCUT2D eigenvalue weighted by Crippen LogP contribution is -2.36. The molecule has 2 aliphatic heterocycles. The molecule has 0 spiro atoms. The molecule has 3 heteroatoms. The maximum absolute atomic E-state index is 3.55. The minimum atomic E-state index is 0.716. The Labute approximate surface area is 100 Å². The van der Waals surface area contributed by atoms with Crippen molar-refractivity contribution < 1.29 is 0 Å². The highest BCUT2D eigenvalue weighted by molar-refractivity contribution is 4.90. The zero-order valence-electron chi connectivity index (χ0n) is 11.2. The lowest BCUT2D eigenvalue weighted by atomic mass is 10.0. The van der Waals surface area contributed by atoms with E-state index >= 15 is 0 Å². The van der Waals surface area contributed by atoms with E-state index in [1.165, 1.54) is 32.6 Å². The van der Waals surface area contributed by atoms with Gasteiger partial charge in [0.15, 0.2) is 0 Å². The lowest BCUT2D eigenvalue weighted by Gasteiger charge is -2.24. The molecule has 0 amide bonds. The fourth-order valence-electron chi connectivity index (χ4n) is 3.36. The highest BCUT2D eigenvalue weighted by atomic mass is 15.2. The van der Waals surface area contributed by atoms with Crippen molar-refractivity contribution in [1.29, 1.82) is 0 Å². The molecule has 2 heterocycles. The molecule has 2 aliphatic rings. The van der Waals surface area contributed by atoms with Crippen LogP contribution in [-0.4, -0.2) is 62.2 Å². The fraction of sp³-hybridized carbons (Fsp3) is 1.00. The SMILES string of the molecule is CC1CN(CC2CCNC2C)CC1N(C)C. The van der Waals surface area contributed by atoms with E-state index in [0.29, 0.717) is 6.04 Å². The maximum Gasteiger partial charge on any atom is 0.0254 e. The molecule has 2 rings (SSSR count). The van der Waals surface area contributed by atoms with E-state index in [4.69, 9.17) is 0 Å². The molecule has 0 radical (unpaired) electrons. The molecule has 0 aromatic carbocycles. The molecule has 2 saturated heterocycles. The number of hydrogen-bond donors (Lipinski definition) is 1. The van der Waals surface area contributed by atoms with E-state index in [1.54, 1.807) is 0 Å². The summed E-state index contributed by atoms with van der Waals surface area (Å²) in [5.74, 6) is 1.69. The first-order valence-corrected chi connectivity index (χ1v) is 6.70. The standard InChI is InChI=1S/C13H27N3/c1-10-7-16(9-13(10)15(3)4)8-12-5-6-14-11(12)2/h10-14H,5-9H2,1-4H3. The van der Waals surface area contributed by atoms with Gasteiger partial charge in [0.25, 0.3) is 0 Å². The van der Waals surface area contributed by atoms with Crippen LogP contribution in [0, 0.1) is 11.8 Å². The monoisotopic (exact) mass is 225 g/mol. The van der Waals surface area contributed by atoms with Crippen molar-refractivity contribution in [2.24, 2.45) is 11.8 Å². The summed E-state index contributed by atoms with van der Waals surface area (Å²) < 4.78 is 0. The van der Waals surface area contributed by atoms with E-state index in [2.05, 4.69) is 43.1 Å². The van der Waals surface area contributed by atoms with Gasteiger partial charge in [0, 0.05) is 31.7 Å². The number of rotatable bonds is 3. The van der Waals surface area contributed by atoms with Crippen molar-refractivity contribution in [3.05, 3.63) is 0 Å². The first-order chi connectivity index (χ1) is 7.58. The van der Waals surface area contributed by atoms with Gasteiger partial charge in [-0.25, -0.2) is 0 Å². The van der Waals surface area contributed by atoms with Crippen LogP contribution in [0.2, 0.25) is 0 Å². The summed E-state index contributed by atoms with van der Waals surface area (Å²) in [5, 5.41) is 3.55. The van der Waals surface area contributed by atoms with Crippen LogP contribution in [0.25, 0.3) is 0 Å². The lowest BCUT2D eigenvalue weighted by molar-refractivity contribution is 0.233. The van der Waals surface area contributed by atoms with Crippen LogP contribution < -0.4 is 5.32 Å². The highest BCUT2D eigenvalue weighted by Crippen LogP contribution is 2.24. The average molecular weight is 225 g/mol. The largest absolute Gasteiger partial charge is 0.314 e. The van der Waals surface area contributed by atoms with Gasteiger partial charge in [0.1, 0.15) is 0 Å². The third kappa shape index (κ3) is 2.58. The second-order valence-corrected chi connectivity index (χ2v) is 6.02. The maximum atomic E-state index is 3.55. The average Bonchev–Trinajstić information content (AvgIpc) is 2.75. The Balaban J connectivity index is 1.84. The Bertz CT molecular complexity index is 229. The zero-order chi connectivity index (χ0) is 11.7. The van der Waals surface area contributed by atoms with Crippen LogP contribution in [-0.2, 0) is 0 Å². The van der Waals surface area contributed by atoms with Crippen molar-refractivity contribution >= 4 is 0 Å². The molecule has 1 N–H and O–H groups in total. The summed E-state index contributed by atoms with van der Waals surface area (Å²) in [7, 11) is 4.43. The third-order valence-corrected chi connectivity index (χ3v) is 4.49. The fourth-order valence-corrected chi connectivity index (χ4v) is 3.36. The van der Waals surface area contributed by atoms with Crippen LogP contribution in [0.15, 0.2) is 0 Å². The van der Waals surface area contributed by atoms with Gasteiger partial charge in [-0.3, -0.25) is 0 Å². The molecule has 0 aromatic heterocycles. The molecule has 94 valence electrons. The topological polar surface area (TPSA) is 18.5 Å². The predicted molar refractivity (Wildman–Crippen MR) is 68.7 cm³/mol. The number of nitrogens with one attached hydrogen (secondary N) is 1. The van der Waals surface area contributed by atoms with Gasteiger partial charge in [0.2, 0.25) is 0 Å². The van der Waals surface area contributed by atoms with Crippen molar-refractivity contribution in [2.45, 2.75) is 32.4 Å². The smallest absolute Gasteiger partial charge is 0.0254 e. The molecule has 0 saturated carbocycles. The van der Waals surface area contributed by atoms with E-state index in [0.717, 1.165) is 17.9 Å². The van der Waals surface area contributed by atoms with Gasteiger partial charge in [-0.05, 0) is 45.8 Å². The summed E-state index contributed by atoms with van der Waals surface area (Å²) in [5.41, 5.74) is 0. The summed E-state index contributed by atoms with van der Waals surface area (Å²) in [6, 6.07) is 1.47. The number of likely N-dealkylation sites (tertiary alicyclic amines) is 1. The molecule has 0 bridgehead atoms. The van der Waals surface area contributed by atoms with Crippen molar-refractivity contribution in [2.75, 3.05) is 40.3 Å². The minimum Gasteiger partial charge on any atom is -0.314 e. The minimum absolute atomic E-state index is 0.716. The highest BCUT2D eigenvalue weighted by Gasteiger charge is 2.33. The van der Waals surface area contributed by atoms with Gasteiger partial charge in [0.05, 0.1) is 0 Å². The van der Waals surface area contributed by atoms with Crippen LogP contribution in [0.5, 0.6) is 0 Å². The van der Waals surface area contributed by atoms with Gasteiger partial charge in [-0.15, -0.1) is 0 Å². The Morgan fingerprint density at radius 1 is 1.25 bits per heavy atom. The van der Waals surface area contributed by atoms with Crippen LogP contribution in [0.3, 0.4) is 0 Å². The quantitative estimate of drug-likeness (QED) is 0.769. The van der Waals surface area contributed by atoms with Gasteiger partial charge < -0.3 is 15.1 Å². The molecule has 0 aliphatic carbocycles. The van der Waals surface area contributed by atoms with Crippen LogP contribution >= 0.6 is 0 Å².